The van der Waals surface area contributed by atoms with Crippen molar-refractivity contribution in [2.24, 2.45) is 0 Å². The average molecular weight is 252 g/mol. The van der Waals surface area contributed by atoms with Crippen LogP contribution in [0.5, 0.6) is 5.75 Å². The molecule has 0 unspecified atom stereocenters. The number of ether oxygens (including phenoxy) is 1. The minimum Gasteiger partial charge on any atom is -0.488 e. The van der Waals surface area contributed by atoms with Gasteiger partial charge in [-0.15, -0.1) is 0 Å². The number of halogens is 1. The van der Waals surface area contributed by atoms with Crippen molar-refractivity contribution in [3.05, 3.63) is 40.4 Å². The first-order valence-corrected chi connectivity index (χ1v) is 5.14. The van der Waals surface area contributed by atoms with Crippen molar-refractivity contribution >= 4 is 17.6 Å². The Morgan fingerprint density at radius 1 is 1.65 bits per heavy atom. The van der Waals surface area contributed by atoms with Gasteiger partial charge in [-0.3, -0.25) is 0 Å². The molecule has 0 radical (unpaired) electrons. The van der Waals surface area contributed by atoms with E-state index in [1.165, 1.54) is 0 Å². The number of carboxylic acids is 1. The van der Waals surface area contributed by atoms with Gasteiger partial charge in [-0.25, -0.2) is 4.79 Å². The number of carboxylic acid groups (broad SMARTS) is 1. The summed E-state index contributed by atoms with van der Waals surface area (Å²) in [7, 11) is 0. The van der Waals surface area contributed by atoms with Crippen LogP contribution in [0, 0.1) is 11.3 Å². The molecule has 0 fully saturated rings. The van der Waals surface area contributed by atoms with E-state index in [2.05, 4.69) is 0 Å². The molecule has 0 bridgehead atoms. The van der Waals surface area contributed by atoms with Gasteiger partial charge in [-0.2, -0.15) is 5.26 Å². The number of hydrogen-bond acceptors (Lipinski definition) is 3. The van der Waals surface area contributed by atoms with E-state index >= 15 is 0 Å². The molecular weight excluding hydrogens is 242 g/mol. The maximum absolute atomic E-state index is 10.4. The molecule has 1 aromatic rings. The molecular formula is C12H10ClNO3. The molecule has 1 aromatic carbocycles. The van der Waals surface area contributed by atoms with Gasteiger partial charge in [-0.05, 0) is 24.6 Å². The maximum Gasteiger partial charge on any atom is 0.328 e. The molecule has 88 valence electrons. The summed E-state index contributed by atoms with van der Waals surface area (Å²) in [5, 5.41) is 17.7. The van der Waals surface area contributed by atoms with Crippen molar-refractivity contribution < 1.29 is 14.6 Å². The molecule has 0 aliphatic heterocycles. The topological polar surface area (TPSA) is 70.3 Å². The number of hydrogen-bond donors (Lipinski definition) is 1. The minimum atomic E-state index is -1.03. The van der Waals surface area contributed by atoms with E-state index < -0.39 is 5.97 Å². The lowest BCUT2D eigenvalue weighted by Crippen LogP contribution is -2.02. The smallest absolute Gasteiger partial charge is 0.328 e. The van der Waals surface area contributed by atoms with Crippen molar-refractivity contribution in [1.82, 2.24) is 0 Å². The zero-order valence-electron chi connectivity index (χ0n) is 9.11. The summed E-state index contributed by atoms with van der Waals surface area (Å²) >= 11 is 5.82. The van der Waals surface area contributed by atoms with Gasteiger partial charge in [0.25, 0.3) is 0 Å². The van der Waals surface area contributed by atoms with Crippen LogP contribution in [0.2, 0.25) is 5.02 Å². The van der Waals surface area contributed by atoms with Gasteiger partial charge in [0.15, 0.2) is 0 Å². The molecule has 5 heteroatoms. The number of nitrogens with zero attached hydrogens (tertiary/aromatic N) is 1. The fourth-order valence-corrected chi connectivity index (χ4v) is 1.39. The SMILES string of the molecule is C/C(=C/C(=O)O)COc1cccc(Cl)c1C#N. The van der Waals surface area contributed by atoms with Crippen LogP contribution in [0.15, 0.2) is 29.8 Å². The zero-order chi connectivity index (χ0) is 12.8. The summed E-state index contributed by atoms with van der Waals surface area (Å²) in [4.78, 5) is 10.4. The van der Waals surface area contributed by atoms with Gasteiger partial charge in [0.1, 0.15) is 24.0 Å². The molecule has 1 rings (SSSR count). The van der Waals surface area contributed by atoms with Crippen LogP contribution >= 0.6 is 11.6 Å². The second-order valence-electron chi connectivity index (χ2n) is 3.34. The zero-order valence-corrected chi connectivity index (χ0v) is 9.86. The predicted molar refractivity (Wildman–Crippen MR) is 63.1 cm³/mol. The van der Waals surface area contributed by atoms with Crippen LogP contribution in [0.3, 0.4) is 0 Å². The Bertz CT molecular complexity index is 503. The Morgan fingerprint density at radius 3 is 2.94 bits per heavy atom. The fraction of sp³-hybridized carbons (Fsp3) is 0.167. The van der Waals surface area contributed by atoms with E-state index in [0.29, 0.717) is 16.3 Å². The second kappa shape index (κ2) is 5.92. The van der Waals surface area contributed by atoms with Gasteiger partial charge in [0.05, 0.1) is 5.02 Å². The highest BCUT2D eigenvalue weighted by molar-refractivity contribution is 6.31. The van der Waals surface area contributed by atoms with Gasteiger partial charge in [0, 0.05) is 6.08 Å². The number of carbonyl (C=O) groups is 1. The third kappa shape index (κ3) is 3.82. The van der Waals surface area contributed by atoms with Gasteiger partial charge in [-0.1, -0.05) is 17.7 Å². The molecule has 0 heterocycles. The van der Waals surface area contributed by atoms with Gasteiger partial charge >= 0.3 is 5.97 Å². The highest BCUT2D eigenvalue weighted by atomic mass is 35.5. The molecule has 0 atom stereocenters. The molecule has 1 N–H and O–H groups in total. The molecule has 0 saturated heterocycles. The Balaban J connectivity index is 2.81. The molecule has 4 nitrogen and oxygen atoms in total. The highest BCUT2D eigenvalue weighted by Crippen LogP contribution is 2.25. The number of nitriles is 1. The summed E-state index contributed by atoms with van der Waals surface area (Å²) < 4.78 is 5.33. The van der Waals surface area contributed by atoms with Crippen LogP contribution in [0.1, 0.15) is 12.5 Å². The van der Waals surface area contributed by atoms with Crippen LogP contribution in [0.25, 0.3) is 0 Å². The number of benzene rings is 1. The first-order valence-electron chi connectivity index (χ1n) is 4.76. The van der Waals surface area contributed by atoms with E-state index in [4.69, 9.17) is 26.7 Å². The van der Waals surface area contributed by atoms with Gasteiger partial charge < -0.3 is 9.84 Å². The summed E-state index contributed by atoms with van der Waals surface area (Å²) in [5.74, 6) is -0.684. The molecule has 0 saturated carbocycles. The lowest BCUT2D eigenvalue weighted by molar-refractivity contribution is -0.131. The van der Waals surface area contributed by atoms with Crippen molar-refractivity contribution in [1.29, 1.82) is 5.26 Å². The molecule has 0 aliphatic carbocycles. The van der Waals surface area contributed by atoms with Crippen LogP contribution in [-0.2, 0) is 4.79 Å². The Labute approximate surface area is 104 Å². The first kappa shape index (κ1) is 13.1. The van der Waals surface area contributed by atoms with E-state index in [9.17, 15) is 4.79 Å². The third-order valence-electron chi connectivity index (χ3n) is 1.91. The lowest BCUT2D eigenvalue weighted by atomic mass is 10.2. The van der Waals surface area contributed by atoms with E-state index in [-0.39, 0.29) is 12.2 Å². The normalized spacial score (nSPS) is 10.8. The number of rotatable bonds is 4. The Morgan fingerprint density at radius 2 is 2.35 bits per heavy atom. The molecule has 0 aliphatic rings. The molecule has 0 amide bonds. The second-order valence-corrected chi connectivity index (χ2v) is 3.75. The van der Waals surface area contributed by atoms with Crippen molar-refractivity contribution in [2.75, 3.05) is 6.61 Å². The van der Waals surface area contributed by atoms with E-state index in [1.54, 1.807) is 25.1 Å². The molecule has 17 heavy (non-hydrogen) atoms. The predicted octanol–water partition coefficient (Wildman–Crippen LogP) is 2.62. The largest absolute Gasteiger partial charge is 0.488 e. The summed E-state index contributed by atoms with van der Waals surface area (Å²) in [6.45, 7) is 1.73. The minimum absolute atomic E-state index is 0.0985. The van der Waals surface area contributed by atoms with Gasteiger partial charge in [0.2, 0.25) is 0 Å². The molecule has 0 aromatic heterocycles. The summed E-state index contributed by atoms with van der Waals surface area (Å²) in [6, 6.07) is 6.80. The Hall–Kier alpha value is -1.99. The van der Waals surface area contributed by atoms with E-state index in [0.717, 1.165) is 6.08 Å². The standard InChI is InChI=1S/C12H10ClNO3/c1-8(5-12(15)16)7-17-11-4-2-3-10(13)9(11)6-14/h2-5H,7H2,1H3,(H,15,16)/b8-5-. The van der Waals surface area contributed by atoms with Crippen LogP contribution in [0.4, 0.5) is 0 Å². The quantitative estimate of drug-likeness (QED) is 0.835. The average Bonchev–Trinajstić information content (AvgIpc) is 2.25. The summed E-state index contributed by atoms with van der Waals surface area (Å²) in [5.41, 5.74) is 0.790. The van der Waals surface area contributed by atoms with E-state index in [1.807, 2.05) is 6.07 Å². The monoisotopic (exact) mass is 251 g/mol. The first-order chi connectivity index (χ1) is 8.04. The third-order valence-corrected chi connectivity index (χ3v) is 2.23. The van der Waals surface area contributed by atoms with Crippen molar-refractivity contribution in [3.8, 4) is 11.8 Å². The molecule has 0 spiro atoms. The van der Waals surface area contributed by atoms with Crippen molar-refractivity contribution in [2.45, 2.75) is 6.92 Å². The Kier molecular flexibility index (Phi) is 4.56. The van der Waals surface area contributed by atoms with Crippen molar-refractivity contribution in [3.63, 3.8) is 0 Å². The lowest BCUT2D eigenvalue weighted by Gasteiger charge is -2.08. The van der Waals surface area contributed by atoms with Crippen LogP contribution < -0.4 is 4.74 Å². The maximum atomic E-state index is 10.4. The highest BCUT2D eigenvalue weighted by Gasteiger charge is 2.07. The summed E-state index contributed by atoms with van der Waals surface area (Å²) in [6.07, 6.45) is 1.05. The fourth-order valence-electron chi connectivity index (χ4n) is 1.18. The number of aliphatic carboxylic acids is 1. The van der Waals surface area contributed by atoms with Crippen LogP contribution in [-0.4, -0.2) is 17.7 Å².